The van der Waals surface area contributed by atoms with E-state index in [-0.39, 0.29) is 5.75 Å². The van der Waals surface area contributed by atoms with Crippen molar-refractivity contribution in [3.63, 3.8) is 0 Å². The Bertz CT molecular complexity index is 911. The highest BCUT2D eigenvalue weighted by Gasteiger charge is 2.28. The predicted molar refractivity (Wildman–Crippen MR) is 101 cm³/mol. The van der Waals surface area contributed by atoms with Gasteiger partial charge in [-0.15, -0.1) is 16.8 Å². The molecule has 28 heavy (non-hydrogen) atoms. The molecule has 3 rings (SSSR count). The summed E-state index contributed by atoms with van der Waals surface area (Å²) >= 11 is 1.48. The normalized spacial score (nSPS) is 11.4. The van der Waals surface area contributed by atoms with Gasteiger partial charge in [0.1, 0.15) is 5.75 Å². The van der Waals surface area contributed by atoms with Gasteiger partial charge < -0.3 is 4.74 Å². The lowest BCUT2D eigenvalue weighted by molar-refractivity contribution is -0.153. The largest absolute Gasteiger partial charge is 0.484 e. The lowest BCUT2D eigenvalue weighted by atomic mass is 10.2. The Hall–Kier alpha value is -2.81. The summed E-state index contributed by atoms with van der Waals surface area (Å²) in [4.78, 5) is 4.01. The standard InChI is InChI=1S/C19H17F3N4OS/c1-2-11-26-17(15-7-9-23-10-8-15)24-25-18(26)28-12-14-3-5-16(6-4-14)27-13-19(20,21)22/h2-10H,1,11-13H2. The highest BCUT2D eigenvalue weighted by Crippen LogP contribution is 2.27. The van der Waals surface area contributed by atoms with Crippen molar-refractivity contribution in [2.75, 3.05) is 6.61 Å². The van der Waals surface area contributed by atoms with E-state index in [4.69, 9.17) is 4.74 Å². The second-order valence-electron chi connectivity index (χ2n) is 5.78. The molecule has 3 aromatic rings. The highest BCUT2D eigenvalue weighted by molar-refractivity contribution is 7.98. The van der Waals surface area contributed by atoms with Gasteiger partial charge in [-0.1, -0.05) is 30.0 Å². The summed E-state index contributed by atoms with van der Waals surface area (Å²) in [5.74, 6) is 1.49. The summed E-state index contributed by atoms with van der Waals surface area (Å²) < 4.78 is 43.3. The van der Waals surface area contributed by atoms with Crippen molar-refractivity contribution in [2.45, 2.75) is 23.6 Å². The number of nitrogens with zero attached hydrogens (tertiary/aromatic N) is 4. The van der Waals surface area contributed by atoms with E-state index in [2.05, 4.69) is 21.8 Å². The van der Waals surface area contributed by atoms with E-state index in [1.54, 1.807) is 30.6 Å². The average Bonchev–Trinajstić information content (AvgIpc) is 3.09. The number of allylic oxidation sites excluding steroid dienone is 1. The van der Waals surface area contributed by atoms with E-state index >= 15 is 0 Å². The molecule has 0 spiro atoms. The summed E-state index contributed by atoms with van der Waals surface area (Å²) in [6.45, 7) is 3.03. The molecule has 0 radical (unpaired) electrons. The van der Waals surface area contributed by atoms with E-state index in [9.17, 15) is 13.2 Å². The second kappa shape index (κ2) is 8.92. The molecule has 0 bridgehead atoms. The SMILES string of the molecule is C=CCn1c(SCc2ccc(OCC(F)(F)F)cc2)nnc1-c1ccncc1. The van der Waals surface area contributed by atoms with E-state index in [1.807, 2.05) is 16.7 Å². The molecule has 0 saturated carbocycles. The molecular weight excluding hydrogens is 389 g/mol. The first-order valence-corrected chi connectivity index (χ1v) is 9.30. The van der Waals surface area contributed by atoms with Crippen molar-refractivity contribution >= 4 is 11.8 Å². The first-order chi connectivity index (χ1) is 13.5. The fourth-order valence-corrected chi connectivity index (χ4v) is 3.30. The van der Waals surface area contributed by atoms with Crippen LogP contribution in [-0.2, 0) is 12.3 Å². The molecule has 5 nitrogen and oxygen atoms in total. The van der Waals surface area contributed by atoms with Crippen molar-refractivity contribution in [1.29, 1.82) is 0 Å². The Morgan fingerprint density at radius 2 is 1.79 bits per heavy atom. The van der Waals surface area contributed by atoms with Gasteiger partial charge in [0.05, 0.1) is 0 Å². The fourth-order valence-electron chi connectivity index (χ4n) is 2.40. The molecule has 9 heteroatoms. The van der Waals surface area contributed by atoms with E-state index in [1.165, 1.54) is 23.9 Å². The molecule has 0 aliphatic carbocycles. The number of alkyl halides is 3. The summed E-state index contributed by atoms with van der Waals surface area (Å²) in [5.41, 5.74) is 1.84. The first-order valence-electron chi connectivity index (χ1n) is 8.32. The summed E-state index contributed by atoms with van der Waals surface area (Å²) in [6, 6.07) is 10.2. The van der Waals surface area contributed by atoms with Crippen LogP contribution in [0.3, 0.4) is 0 Å². The Morgan fingerprint density at radius 3 is 2.43 bits per heavy atom. The van der Waals surface area contributed by atoms with Crippen LogP contribution in [-0.4, -0.2) is 32.5 Å². The number of ether oxygens (including phenoxy) is 1. The van der Waals surface area contributed by atoms with Crippen LogP contribution < -0.4 is 4.74 Å². The molecule has 0 N–H and O–H groups in total. The first kappa shape index (κ1) is 19.9. The molecule has 0 aliphatic heterocycles. The monoisotopic (exact) mass is 406 g/mol. The van der Waals surface area contributed by atoms with E-state index in [0.29, 0.717) is 12.3 Å². The highest BCUT2D eigenvalue weighted by atomic mass is 32.2. The maximum atomic E-state index is 12.2. The third-order valence-corrected chi connectivity index (χ3v) is 4.70. The van der Waals surface area contributed by atoms with Crippen LogP contribution >= 0.6 is 11.8 Å². The molecule has 0 aliphatic rings. The van der Waals surface area contributed by atoms with Gasteiger partial charge in [0, 0.05) is 30.3 Å². The predicted octanol–water partition coefficient (Wildman–Crippen LogP) is 4.76. The maximum Gasteiger partial charge on any atom is 0.422 e. The van der Waals surface area contributed by atoms with Gasteiger partial charge in [-0.25, -0.2) is 0 Å². The van der Waals surface area contributed by atoms with Gasteiger partial charge in [-0.3, -0.25) is 9.55 Å². The Balaban J connectivity index is 1.67. The number of pyridine rings is 1. The Morgan fingerprint density at radius 1 is 1.07 bits per heavy atom. The second-order valence-corrected chi connectivity index (χ2v) is 6.72. The molecule has 0 amide bonds. The van der Waals surface area contributed by atoms with Crippen LogP contribution in [0.1, 0.15) is 5.56 Å². The van der Waals surface area contributed by atoms with Crippen LogP contribution in [0, 0.1) is 0 Å². The zero-order valence-corrected chi connectivity index (χ0v) is 15.6. The van der Waals surface area contributed by atoms with E-state index in [0.717, 1.165) is 22.1 Å². The summed E-state index contributed by atoms with van der Waals surface area (Å²) in [6.07, 6.45) is 0.802. The quantitative estimate of drug-likeness (QED) is 0.399. The lowest BCUT2D eigenvalue weighted by Crippen LogP contribution is -2.19. The van der Waals surface area contributed by atoms with Crippen molar-refractivity contribution in [1.82, 2.24) is 19.7 Å². The molecular formula is C19H17F3N4OS. The molecule has 0 fully saturated rings. The van der Waals surface area contributed by atoms with Crippen LogP contribution in [0.2, 0.25) is 0 Å². The Kier molecular flexibility index (Phi) is 6.35. The number of thioether (sulfide) groups is 1. The fraction of sp³-hybridized carbons (Fsp3) is 0.211. The van der Waals surface area contributed by atoms with Crippen molar-refractivity contribution in [2.24, 2.45) is 0 Å². The number of hydrogen-bond acceptors (Lipinski definition) is 5. The molecule has 0 atom stereocenters. The molecule has 2 aromatic heterocycles. The zero-order valence-electron chi connectivity index (χ0n) is 14.8. The van der Waals surface area contributed by atoms with Crippen LogP contribution in [0.25, 0.3) is 11.4 Å². The smallest absolute Gasteiger partial charge is 0.422 e. The number of benzene rings is 1. The summed E-state index contributed by atoms with van der Waals surface area (Å²) in [5, 5.41) is 9.25. The minimum Gasteiger partial charge on any atom is -0.484 e. The number of hydrogen-bond donors (Lipinski definition) is 0. The van der Waals surface area contributed by atoms with Gasteiger partial charge in [-0.05, 0) is 29.8 Å². The molecule has 1 aromatic carbocycles. The van der Waals surface area contributed by atoms with Crippen LogP contribution in [0.15, 0.2) is 66.6 Å². The molecule has 0 unspecified atom stereocenters. The van der Waals surface area contributed by atoms with Gasteiger partial charge in [-0.2, -0.15) is 13.2 Å². The number of aromatic nitrogens is 4. The van der Waals surface area contributed by atoms with Gasteiger partial charge in [0.15, 0.2) is 17.6 Å². The average molecular weight is 406 g/mol. The van der Waals surface area contributed by atoms with Crippen LogP contribution in [0.4, 0.5) is 13.2 Å². The topological polar surface area (TPSA) is 52.8 Å². The number of halogens is 3. The summed E-state index contributed by atoms with van der Waals surface area (Å²) in [7, 11) is 0. The molecule has 0 saturated heterocycles. The lowest BCUT2D eigenvalue weighted by Gasteiger charge is -2.10. The maximum absolute atomic E-state index is 12.2. The van der Waals surface area contributed by atoms with Crippen molar-refractivity contribution < 1.29 is 17.9 Å². The van der Waals surface area contributed by atoms with Crippen molar-refractivity contribution in [3.05, 3.63) is 67.0 Å². The van der Waals surface area contributed by atoms with Crippen molar-refractivity contribution in [3.8, 4) is 17.1 Å². The zero-order chi connectivity index (χ0) is 20.0. The minimum atomic E-state index is -4.35. The third kappa shape index (κ3) is 5.35. The van der Waals surface area contributed by atoms with Gasteiger partial charge >= 0.3 is 6.18 Å². The van der Waals surface area contributed by atoms with Gasteiger partial charge in [0.25, 0.3) is 0 Å². The van der Waals surface area contributed by atoms with E-state index < -0.39 is 12.8 Å². The van der Waals surface area contributed by atoms with Gasteiger partial charge in [0.2, 0.25) is 0 Å². The third-order valence-electron chi connectivity index (χ3n) is 3.66. The van der Waals surface area contributed by atoms with Crippen LogP contribution in [0.5, 0.6) is 5.75 Å². The number of rotatable bonds is 8. The Labute approximate surface area is 164 Å². The molecule has 146 valence electrons. The molecule has 2 heterocycles. The minimum absolute atomic E-state index is 0.181.